The molecule has 0 N–H and O–H groups in total. The lowest BCUT2D eigenvalue weighted by Gasteiger charge is -2.37. The molecular weight excluding hydrogens is 785 g/mol. The molecule has 9 nitrogen and oxygen atoms in total. The Morgan fingerprint density at radius 2 is 1.26 bits per heavy atom. The second kappa shape index (κ2) is 23.2. The van der Waals surface area contributed by atoms with Crippen LogP contribution in [0.3, 0.4) is 0 Å². The molecule has 1 aliphatic carbocycles. The fourth-order valence-electron chi connectivity index (χ4n) is 3.07. The lowest BCUT2D eigenvalue weighted by Crippen LogP contribution is -2.52. The minimum Gasteiger partial charge on any atom is -0.405 e. The van der Waals surface area contributed by atoms with Crippen molar-refractivity contribution >= 4 is 124 Å². The third-order valence-corrected chi connectivity index (χ3v) is 17.1. The first kappa shape index (κ1) is 44.8. The van der Waals surface area contributed by atoms with Crippen LogP contribution in [0, 0.1) is 6.92 Å². The van der Waals surface area contributed by atoms with E-state index in [1.54, 1.807) is 6.07 Å². The number of rotatable bonds is 14. The highest BCUT2D eigenvalue weighted by Gasteiger charge is 2.46. The zero-order valence-corrected chi connectivity index (χ0v) is 34.0. The van der Waals surface area contributed by atoms with E-state index in [2.05, 4.69) is 16.9 Å². The molecule has 1 heterocycles. The molecule has 0 amide bonds. The summed E-state index contributed by atoms with van der Waals surface area (Å²) in [4.78, 5) is 10.8. The highest BCUT2D eigenvalue weighted by molar-refractivity contribution is 8.55. The highest BCUT2D eigenvalue weighted by atomic mass is 35.5. The van der Waals surface area contributed by atoms with Crippen LogP contribution in [0.25, 0.3) is 0 Å². The molecule has 254 valence electrons. The van der Waals surface area contributed by atoms with Crippen molar-refractivity contribution in [2.45, 2.75) is 60.0 Å². The molecule has 43 heavy (non-hydrogen) atoms. The third kappa shape index (κ3) is 15.7. The van der Waals surface area contributed by atoms with E-state index in [9.17, 15) is 4.57 Å². The van der Waals surface area contributed by atoms with Gasteiger partial charge in [0.1, 0.15) is 0 Å². The Labute approximate surface area is 300 Å². The molecule has 20 heteroatoms. The number of halogens is 6. The molecule has 0 spiro atoms. The van der Waals surface area contributed by atoms with Gasteiger partial charge in [0.15, 0.2) is 0 Å². The number of anilines is 1. The third-order valence-electron chi connectivity index (χ3n) is 5.47. The highest BCUT2D eigenvalue weighted by Crippen LogP contribution is 2.59. The van der Waals surface area contributed by atoms with E-state index in [0.717, 1.165) is 36.0 Å². The van der Waals surface area contributed by atoms with Crippen molar-refractivity contribution in [2.24, 2.45) is 0 Å². The van der Waals surface area contributed by atoms with Crippen molar-refractivity contribution in [1.82, 2.24) is 9.97 Å². The number of thioether (sulfide) groups is 1. The van der Waals surface area contributed by atoms with E-state index in [1.807, 2.05) is 37.4 Å². The van der Waals surface area contributed by atoms with Gasteiger partial charge in [-0.25, -0.2) is 9.55 Å². The van der Waals surface area contributed by atoms with Crippen LogP contribution < -0.4 is 9.42 Å². The van der Waals surface area contributed by atoms with Gasteiger partial charge >= 0.3 is 13.5 Å². The molecule has 1 aliphatic rings. The van der Waals surface area contributed by atoms with Crippen LogP contribution in [0.4, 0.5) is 5.95 Å². The standard InChI is InChI=1S/C11H20N3O3PS.C6H6Cl6.C6H15O3PS2/c1-6-14(7-2)11-12-9(3)8-10(13-11)17-18(19,15-4)16-5;7-1-2(8)4(10)6(12)5(11)3(1)9;1-4-11-5-6-12-10(7,8-2)9-3/h8H,6-7H2,1-5H3;1-6H;4-6H2,1-3H3/t;1-,2-,3-,4+,5+,6+;. The molecule has 0 radical (unpaired) electrons. The van der Waals surface area contributed by atoms with Crippen molar-refractivity contribution in [3.8, 4) is 5.88 Å². The lowest BCUT2D eigenvalue weighted by atomic mass is 9.97. The SMILES string of the molecule is CCN(CC)c1nc(C)cc(OP(=S)(OC)OC)n1.CCSCCSP(=O)(OC)OC.Cl[C@H]1[C@H](Cl)[C@@H](Cl)[C@@H](Cl)[C@H](Cl)[C@H]1Cl. The average molecular weight is 826 g/mol. The Bertz CT molecular complexity index is 955. The van der Waals surface area contributed by atoms with Crippen LogP contribution in [-0.4, -0.2) is 101 Å². The van der Waals surface area contributed by atoms with Gasteiger partial charge in [-0.15, -0.1) is 69.6 Å². The summed E-state index contributed by atoms with van der Waals surface area (Å²) in [6, 6.07) is 1.71. The summed E-state index contributed by atoms with van der Waals surface area (Å²) < 4.78 is 36.7. The van der Waals surface area contributed by atoms with E-state index in [4.69, 9.17) is 104 Å². The molecule has 1 fully saturated rings. The Morgan fingerprint density at radius 3 is 1.60 bits per heavy atom. The summed E-state index contributed by atoms with van der Waals surface area (Å²) in [7, 11) is 5.74. The van der Waals surface area contributed by atoms with E-state index >= 15 is 0 Å². The molecule has 0 bridgehead atoms. The number of hydrogen-bond donors (Lipinski definition) is 0. The first-order valence-corrected chi connectivity index (χ1v) is 22.4. The van der Waals surface area contributed by atoms with Crippen LogP contribution in [0.2, 0.25) is 0 Å². The fourth-order valence-corrected chi connectivity index (χ4v) is 9.86. The molecule has 1 aromatic heterocycles. The van der Waals surface area contributed by atoms with Gasteiger partial charge in [-0.2, -0.15) is 16.7 Å². The molecule has 0 unspecified atom stereocenters. The first-order chi connectivity index (χ1) is 20.1. The molecule has 1 aromatic rings. The Balaban J connectivity index is 0.000000644. The number of aryl methyl sites for hydroxylation is 1. The van der Waals surface area contributed by atoms with Crippen molar-refractivity contribution in [3.63, 3.8) is 0 Å². The van der Waals surface area contributed by atoms with Crippen molar-refractivity contribution < 1.29 is 27.2 Å². The van der Waals surface area contributed by atoms with Gasteiger partial charge in [-0.3, -0.25) is 0 Å². The van der Waals surface area contributed by atoms with Crippen LogP contribution >= 0.6 is 106 Å². The summed E-state index contributed by atoms with van der Waals surface area (Å²) in [6.45, 7) is 4.13. The van der Waals surface area contributed by atoms with Crippen LogP contribution in [0.1, 0.15) is 26.5 Å². The fraction of sp³-hybridized carbons (Fsp3) is 0.826. The van der Waals surface area contributed by atoms with E-state index < -0.39 is 45.8 Å². The second-order valence-corrected chi connectivity index (χ2v) is 20.2. The van der Waals surface area contributed by atoms with Crippen LogP contribution in [0.15, 0.2) is 6.07 Å². The van der Waals surface area contributed by atoms with Gasteiger partial charge in [0.05, 0.1) is 32.3 Å². The maximum Gasteiger partial charge on any atom is 0.388 e. The summed E-state index contributed by atoms with van der Waals surface area (Å²) in [5, 5.41) is -2.62. The summed E-state index contributed by atoms with van der Waals surface area (Å²) in [6.07, 6.45) is 0. The monoisotopic (exact) mass is 823 g/mol. The van der Waals surface area contributed by atoms with Crippen molar-refractivity contribution in [2.75, 3.05) is 63.7 Å². The largest absolute Gasteiger partial charge is 0.405 e. The van der Waals surface area contributed by atoms with E-state index in [1.165, 1.54) is 39.8 Å². The van der Waals surface area contributed by atoms with Crippen LogP contribution in [-0.2, 0) is 34.5 Å². The Kier molecular flexibility index (Phi) is 24.2. The van der Waals surface area contributed by atoms with Gasteiger partial charge in [0.2, 0.25) is 11.8 Å². The lowest BCUT2D eigenvalue weighted by molar-refractivity contribution is 0.270. The zero-order chi connectivity index (χ0) is 33.4. The van der Waals surface area contributed by atoms with E-state index in [-0.39, 0.29) is 0 Å². The first-order valence-electron chi connectivity index (χ1n) is 12.9. The Morgan fingerprint density at radius 1 is 0.814 bits per heavy atom. The maximum atomic E-state index is 11.4. The van der Waals surface area contributed by atoms with Crippen LogP contribution in [0.5, 0.6) is 5.88 Å². The normalized spacial score (nSPS) is 23.9. The van der Waals surface area contributed by atoms with Gasteiger partial charge in [-0.05, 0) is 37.9 Å². The quantitative estimate of drug-likeness (QED) is 0.102. The average Bonchev–Trinajstić information content (AvgIpc) is 3.01. The van der Waals surface area contributed by atoms with Gasteiger partial charge in [0.25, 0.3) is 0 Å². The minimum absolute atomic E-state index is 0.376. The topological polar surface area (TPSA) is 92.2 Å². The summed E-state index contributed by atoms with van der Waals surface area (Å²) in [5.41, 5.74) is 0.806. The molecule has 0 atom stereocenters. The second-order valence-electron chi connectivity index (χ2n) is 8.23. The van der Waals surface area contributed by atoms with Crippen molar-refractivity contribution in [1.29, 1.82) is 0 Å². The molecule has 1 saturated carbocycles. The zero-order valence-electron chi connectivity index (χ0n) is 25.3. The number of nitrogens with zero attached hydrogens (tertiary/aromatic N) is 3. The molecule has 2 rings (SSSR count). The predicted octanol–water partition coefficient (Wildman–Crippen LogP) is 9.05. The van der Waals surface area contributed by atoms with Gasteiger partial charge in [-0.1, -0.05) is 6.92 Å². The smallest absolute Gasteiger partial charge is 0.388 e. The van der Waals surface area contributed by atoms with Gasteiger partial charge in [0, 0.05) is 76.6 Å². The molecule has 0 aliphatic heterocycles. The molecular formula is C23H41Cl6N3O6P2S3. The maximum absolute atomic E-state index is 11.4. The molecule has 0 aromatic carbocycles. The number of alkyl halides is 6. The number of aromatic nitrogens is 2. The summed E-state index contributed by atoms with van der Waals surface area (Å²) >= 11 is 43.5. The molecule has 0 saturated heterocycles. The van der Waals surface area contributed by atoms with Gasteiger partial charge < -0.3 is 27.5 Å². The van der Waals surface area contributed by atoms with Crippen molar-refractivity contribution in [3.05, 3.63) is 11.8 Å². The predicted molar refractivity (Wildman–Crippen MR) is 194 cm³/mol. The Hall–Kier alpha value is 1.84. The summed E-state index contributed by atoms with van der Waals surface area (Å²) in [5.74, 6) is 3.87. The number of hydrogen-bond acceptors (Lipinski definition) is 12. The minimum atomic E-state index is -2.82. The van der Waals surface area contributed by atoms with E-state index in [0.29, 0.717) is 11.8 Å².